The molecular weight excluding hydrogens is 388 g/mol. The molecular formula is C22H17ClN4O2. The molecule has 0 spiro atoms. The normalized spacial score (nSPS) is 11.3. The lowest BCUT2D eigenvalue weighted by Gasteiger charge is -2.10. The monoisotopic (exact) mass is 404 g/mol. The van der Waals surface area contributed by atoms with Crippen LogP contribution in [0.25, 0.3) is 6.08 Å². The molecule has 0 unspecified atom stereocenters. The first kappa shape index (κ1) is 20.0. The summed E-state index contributed by atoms with van der Waals surface area (Å²) in [6, 6.07) is 19.2. The number of hydrogen-bond donors (Lipinski definition) is 2. The van der Waals surface area contributed by atoms with Crippen LogP contribution in [0.4, 0.5) is 0 Å². The number of nitrogens with one attached hydrogen (secondary N) is 2. The van der Waals surface area contributed by atoms with E-state index >= 15 is 0 Å². The number of aromatic nitrogens is 1. The minimum atomic E-state index is -0.570. The second-order valence-corrected chi connectivity index (χ2v) is 6.29. The van der Waals surface area contributed by atoms with Gasteiger partial charge in [0.15, 0.2) is 0 Å². The van der Waals surface area contributed by atoms with Crippen molar-refractivity contribution in [1.82, 2.24) is 15.7 Å². The molecule has 2 aromatic carbocycles. The highest BCUT2D eigenvalue weighted by Gasteiger charge is 2.16. The van der Waals surface area contributed by atoms with E-state index in [1.807, 2.05) is 30.3 Å². The van der Waals surface area contributed by atoms with Crippen LogP contribution in [-0.2, 0) is 4.79 Å². The zero-order valence-electron chi connectivity index (χ0n) is 15.2. The number of hydrazone groups is 1. The highest BCUT2D eigenvalue weighted by atomic mass is 35.5. The Morgan fingerprint density at radius 2 is 1.59 bits per heavy atom. The fraction of sp³-hybridized carbons (Fsp3) is 0. The predicted molar refractivity (Wildman–Crippen MR) is 113 cm³/mol. The highest BCUT2D eigenvalue weighted by molar-refractivity contribution is 6.34. The van der Waals surface area contributed by atoms with Crippen molar-refractivity contribution in [2.45, 2.75) is 0 Å². The second kappa shape index (κ2) is 9.96. The molecule has 0 aliphatic carbocycles. The number of carbonyl (C=O) groups is 2. The van der Waals surface area contributed by atoms with Gasteiger partial charge in [-0.2, -0.15) is 5.10 Å². The van der Waals surface area contributed by atoms with Crippen LogP contribution < -0.4 is 10.7 Å². The summed E-state index contributed by atoms with van der Waals surface area (Å²) in [5.74, 6) is -1.06. The third kappa shape index (κ3) is 5.85. The van der Waals surface area contributed by atoms with E-state index in [4.69, 9.17) is 11.6 Å². The zero-order valence-corrected chi connectivity index (χ0v) is 16.0. The second-order valence-electron chi connectivity index (χ2n) is 5.88. The molecule has 0 radical (unpaired) electrons. The van der Waals surface area contributed by atoms with Crippen LogP contribution in [-0.4, -0.2) is 23.0 Å². The van der Waals surface area contributed by atoms with E-state index in [0.717, 1.165) is 11.1 Å². The molecule has 29 heavy (non-hydrogen) atoms. The van der Waals surface area contributed by atoms with Gasteiger partial charge in [0.2, 0.25) is 0 Å². The molecule has 3 aromatic rings. The lowest BCUT2D eigenvalue weighted by Crippen LogP contribution is -2.33. The molecule has 2 amide bonds. The largest absolute Gasteiger partial charge is 0.317 e. The van der Waals surface area contributed by atoms with Gasteiger partial charge >= 0.3 is 0 Å². The number of nitrogens with zero attached hydrogens (tertiary/aromatic N) is 2. The van der Waals surface area contributed by atoms with Crippen LogP contribution in [0, 0.1) is 0 Å². The fourth-order valence-electron chi connectivity index (χ4n) is 2.38. The van der Waals surface area contributed by atoms with Crippen molar-refractivity contribution < 1.29 is 9.59 Å². The van der Waals surface area contributed by atoms with Gasteiger partial charge in [0.25, 0.3) is 11.8 Å². The van der Waals surface area contributed by atoms with Crippen molar-refractivity contribution in [2.24, 2.45) is 5.10 Å². The molecule has 3 rings (SSSR count). The van der Waals surface area contributed by atoms with Gasteiger partial charge in [-0.15, -0.1) is 0 Å². The first-order valence-corrected chi connectivity index (χ1v) is 9.07. The fourth-order valence-corrected chi connectivity index (χ4v) is 2.61. The zero-order chi connectivity index (χ0) is 20.5. The Hall–Kier alpha value is -3.77. The van der Waals surface area contributed by atoms with Gasteiger partial charge in [-0.25, -0.2) is 5.43 Å². The van der Waals surface area contributed by atoms with Crippen LogP contribution in [0.15, 0.2) is 89.9 Å². The maximum atomic E-state index is 12.6. The van der Waals surface area contributed by atoms with Crippen molar-refractivity contribution in [3.05, 3.63) is 107 Å². The van der Waals surface area contributed by atoms with Gasteiger partial charge in [0.05, 0.1) is 16.8 Å². The number of amides is 2. The molecule has 2 N–H and O–H groups in total. The van der Waals surface area contributed by atoms with Crippen LogP contribution in [0.1, 0.15) is 21.5 Å². The van der Waals surface area contributed by atoms with Crippen molar-refractivity contribution in [3.8, 4) is 0 Å². The van der Waals surface area contributed by atoms with E-state index in [9.17, 15) is 9.59 Å². The van der Waals surface area contributed by atoms with Gasteiger partial charge in [-0.3, -0.25) is 14.6 Å². The summed E-state index contributed by atoms with van der Waals surface area (Å²) in [6.07, 6.45) is 6.28. The number of benzene rings is 2. The van der Waals surface area contributed by atoms with Crippen LogP contribution >= 0.6 is 11.6 Å². The Bertz CT molecular complexity index is 1050. The first-order valence-electron chi connectivity index (χ1n) is 8.69. The Balaban J connectivity index is 1.80. The lowest BCUT2D eigenvalue weighted by molar-refractivity contribution is -0.117. The van der Waals surface area contributed by atoms with E-state index in [-0.39, 0.29) is 11.3 Å². The molecule has 0 saturated carbocycles. The van der Waals surface area contributed by atoms with Gasteiger partial charge < -0.3 is 5.32 Å². The van der Waals surface area contributed by atoms with Crippen LogP contribution in [0.5, 0.6) is 0 Å². The van der Waals surface area contributed by atoms with E-state index in [1.54, 1.807) is 54.9 Å². The van der Waals surface area contributed by atoms with Crippen molar-refractivity contribution >= 4 is 35.7 Å². The molecule has 0 bridgehead atoms. The van der Waals surface area contributed by atoms with Gasteiger partial charge in [0.1, 0.15) is 5.70 Å². The summed E-state index contributed by atoms with van der Waals surface area (Å²) < 4.78 is 0. The minimum absolute atomic E-state index is 0.0352. The summed E-state index contributed by atoms with van der Waals surface area (Å²) in [4.78, 5) is 29.2. The van der Waals surface area contributed by atoms with E-state index in [2.05, 4.69) is 20.8 Å². The molecule has 144 valence electrons. The first-order chi connectivity index (χ1) is 14.1. The summed E-state index contributed by atoms with van der Waals surface area (Å²) in [5.41, 5.74) is 4.24. The molecule has 0 atom stereocenters. The molecule has 0 saturated heterocycles. The Labute approximate surface area is 172 Å². The standard InChI is InChI=1S/C22H17ClN4O2/c23-19-9-5-4-8-18(19)21(28)26-20(14-16-6-2-1-3-7-16)22(29)27-25-15-17-10-12-24-13-11-17/h1-15H,(H,26,28)(H,27,29)/b20-14+,25-15+. The Kier molecular flexibility index (Phi) is 6.86. The maximum Gasteiger partial charge on any atom is 0.287 e. The summed E-state index contributed by atoms with van der Waals surface area (Å²) in [6.45, 7) is 0. The molecule has 0 aliphatic heterocycles. The van der Waals surface area contributed by atoms with Crippen LogP contribution in [0.3, 0.4) is 0 Å². The average Bonchev–Trinajstić information content (AvgIpc) is 2.75. The maximum absolute atomic E-state index is 12.6. The van der Waals surface area contributed by atoms with E-state index < -0.39 is 11.8 Å². The van der Waals surface area contributed by atoms with Crippen LogP contribution in [0.2, 0.25) is 5.02 Å². The minimum Gasteiger partial charge on any atom is -0.317 e. The van der Waals surface area contributed by atoms with Crippen molar-refractivity contribution in [3.63, 3.8) is 0 Å². The number of halogens is 1. The molecule has 1 aromatic heterocycles. The van der Waals surface area contributed by atoms with Gasteiger partial charge in [-0.05, 0) is 41.5 Å². The topological polar surface area (TPSA) is 83.4 Å². The molecule has 0 fully saturated rings. The number of rotatable bonds is 6. The Morgan fingerprint density at radius 3 is 2.31 bits per heavy atom. The SMILES string of the molecule is O=C(N/N=C/c1ccncc1)/C(=C\c1ccccc1)NC(=O)c1ccccc1Cl. The number of carbonyl (C=O) groups excluding carboxylic acids is 2. The average molecular weight is 405 g/mol. The third-order valence-corrected chi connectivity index (χ3v) is 4.14. The van der Waals surface area contributed by atoms with E-state index in [0.29, 0.717) is 5.02 Å². The molecule has 7 heteroatoms. The molecule has 6 nitrogen and oxygen atoms in total. The summed E-state index contributed by atoms with van der Waals surface area (Å²) in [7, 11) is 0. The summed E-state index contributed by atoms with van der Waals surface area (Å²) >= 11 is 6.08. The van der Waals surface area contributed by atoms with Gasteiger partial charge in [0, 0.05) is 12.4 Å². The smallest absolute Gasteiger partial charge is 0.287 e. The Morgan fingerprint density at radius 1 is 0.897 bits per heavy atom. The number of pyridine rings is 1. The van der Waals surface area contributed by atoms with Gasteiger partial charge in [-0.1, -0.05) is 54.1 Å². The summed E-state index contributed by atoms with van der Waals surface area (Å²) in [5, 5.41) is 6.84. The molecule has 1 heterocycles. The van der Waals surface area contributed by atoms with E-state index in [1.165, 1.54) is 6.21 Å². The molecule has 0 aliphatic rings. The third-order valence-electron chi connectivity index (χ3n) is 3.81. The quantitative estimate of drug-likeness (QED) is 0.373. The highest BCUT2D eigenvalue weighted by Crippen LogP contribution is 2.15. The van der Waals surface area contributed by atoms with Crippen molar-refractivity contribution in [1.29, 1.82) is 0 Å². The number of hydrogen-bond acceptors (Lipinski definition) is 4. The lowest BCUT2D eigenvalue weighted by atomic mass is 10.1. The predicted octanol–water partition coefficient (Wildman–Crippen LogP) is 3.66. The van der Waals surface area contributed by atoms with Crippen molar-refractivity contribution in [2.75, 3.05) is 0 Å².